The lowest BCUT2D eigenvalue weighted by Gasteiger charge is -2.41. The van der Waals surface area contributed by atoms with Gasteiger partial charge < -0.3 is 19.7 Å². The molecule has 3 atom stereocenters. The van der Waals surface area contributed by atoms with Gasteiger partial charge >= 0.3 is 0 Å². The van der Waals surface area contributed by atoms with E-state index in [2.05, 4.69) is 20.8 Å². The van der Waals surface area contributed by atoms with Crippen molar-refractivity contribution in [2.75, 3.05) is 6.61 Å². The standard InChI is InChI=1S/C13H24O5Si/c1-13(2,3)19(4,5)18-9-6-8(7-14)10(15)12(17)11(9)16/h6,9,11-12,14,16-17H,7H2,1-5H3/t9-,11+,12-/m0/s1. The van der Waals surface area contributed by atoms with Gasteiger partial charge in [-0.05, 0) is 24.2 Å². The van der Waals surface area contributed by atoms with E-state index in [1.54, 1.807) is 0 Å². The van der Waals surface area contributed by atoms with E-state index < -0.39 is 39.0 Å². The molecule has 5 nitrogen and oxygen atoms in total. The molecule has 1 aliphatic carbocycles. The number of hydrogen-bond acceptors (Lipinski definition) is 5. The molecule has 19 heavy (non-hydrogen) atoms. The predicted molar refractivity (Wildman–Crippen MR) is 74.3 cm³/mol. The summed E-state index contributed by atoms with van der Waals surface area (Å²) in [5.74, 6) is -0.634. The van der Waals surface area contributed by atoms with Gasteiger partial charge in [0.25, 0.3) is 0 Å². The first-order valence-corrected chi connectivity index (χ1v) is 9.32. The number of ketones is 1. The summed E-state index contributed by atoms with van der Waals surface area (Å²) in [6, 6.07) is 0. The van der Waals surface area contributed by atoms with Gasteiger partial charge in [-0.25, -0.2) is 0 Å². The molecular formula is C13H24O5Si. The highest BCUT2D eigenvalue weighted by Crippen LogP contribution is 2.38. The van der Waals surface area contributed by atoms with Crippen LogP contribution >= 0.6 is 0 Å². The highest BCUT2D eigenvalue weighted by Gasteiger charge is 2.44. The second kappa shape index (κ2) is 5.45. The van der Waals surface area contributed by atoms with Crippen LogP contribution in [-0.4, -0.2) is 54.3 Å². The molecule has 110 valence electrons. The van der Waals surface area contributed by atoms with E-state index in [0.717, 1.165) is 0 Å². The zero-order valence-corrected chi connectivity index (χ0v) is 13.2. The van der Waals surface area contributed by atoms with Crippen molar-refractivity contribution in [2.45, 2.75) is 57.2 Å². The lowest BCUT2D eigenvalue weighted by atomic mass is 9.91. The Hall–Kier alpha value is -0.533. The Kier molecular flexibility index (Phi) is 4.74. The maximum atomic E-state index is 11.6. The maximum Gasteiger partial charge on any atom is 0.193 e. The van der Waals surface area contributed by atoms with Gasteiger partial charge in [0, 0.05) is 5.57 Å². The van der Waals surface area contributed by atoms with Crippen LogP contribution in [0.2, 0.25) is 18.1 Å². The number of carbonyl (C=O) groups excluding carboxylic acids is 1. The van der Waals surface area contributed by atoms with Crippen molar-refractivity contribution in [3.8, 4) is 0 Å². The molecule has 0 radical (unpaired) electrons. The third-order valence-corrected chi connectivity index (χ3v) is 8.49. The number of aliphatic hydroxyl groups is 3. The summed E-state index contributed by atoms with van der Waals surface area (Å²) >= 11 is 0. The normalized spacial score (nSPS) is 29.4. The average molecular weight is 288 g/mol. The highest BCUT2D eigenvalue weighted by atomic mass is 28.4. The topological polar surface area (TPSA) is 87.0 Å². The zero-order chi connectivity index (χ0) is 15.0. The van der Waals surface area contributed by atoms with Gasteiger partial charge in [-0.3, -0.25) is 4.79 Å². The molecule has 0 saturated carbocycles. The molecule has 1 rings (SSSR count). The monoisotopic (exact) mass is 288 g/mol. The van der Waals surface area contributed by atoms with Crippen molar-refractivity contribution < 1.29 is 24.5 Å². The van der Waals surface area contributed by atoms with Crippen molar-refractivity contribution in [3.63, 3.8) is 0 Å². The van der Waals surface area contributed by atoms with Crippen LogP contribution < -0.4 is 0 Å². The second-order valence-electron chi connectivity index (χ2n) is 6.49. The number of aliphatic hydroxyl groups excluding tert-OH is 3. The fraction of sp³-hybridized carbons (Fsp3) is 0.769. The van der Waals surface area contributed by atoms with E-state index in [-0.39, 0.29) is 10.6 Å². The Bertz CT molecular complexity index is 383. The third-order valence-electron chi connectivity index (χ3n) is 4.02. The highest BCUT2D eigenvalue weighted by molar-refractivity contribution is 6.74. The summed E-state index contributed by atoms with van der Waals surface area (Å²) < 4.78 is 6.00. The molecule has 0 aromatic rings. The Morgan fingerprint density at radius 1 is 1.32 bits per heavy atom. The molecule has 0 unspecified atom stereocenters. The lowest BCUT2D eigenvalue weighted by Crippen LogP contribution is -2.53. The Morgan fingerprint density at radius 2 is 1.84 bits per heavy atom. The van der Waals surface area contributed by atoms with Gasteiger partial charge in [-0.1, -0.05) is 20.8 Å². The Morgan fingerprint density at radius 3 is 2.26 bits per heavy atom. The average Bonchev–Trinajstić information content (AvgIpc) is 2.28. The number of Topliss-reactive ketones (excluding diaryl/α,β-unsaturated/α-hetero) is 1. The van der Waals surface area contributed by atoms with Crippen molar-refractivity contribution in [1.82, 2.24) is 0 Å². The first kappa shape index (κ1) is 16.5. The van der Waals surface area contributed by atoms with E-state index in [0.29, 0.717) is 0 Å². The molecule has 0 aromatic carbocycles. The van der Waals surface area contributed by atoms with Crippen LogP contribution in [0.4, 0.5) is 0 Å². The van der Waals surface area contributed by atoms with Gasteiger partial charge in [0.1, 0.15) is 12.2 Å². The molecule has 0 aromatic heterocycles. The molecule has 1 aliphatic rings. The van der Waals surface area contributed by atoms with Crippen LogP contribution in [0.3, 0.4) is 0 Å². The molecule has 0 saturated heterocycles. The van der Waals surface area contributed by atoms with Crippen molar-refractivity contribution >= 4 is 14.1 Å². The summed E-state index contributed by atoms with van der Waals surface area (Å²) in [6.07, 6.45) is -2.13. The molecule has 0 amide bonds. The number of hydrogen-bond donors (Lipinski definition) is 3. The Balaban J connectivity index is 3.00. The molecule has 6 heteroatoms. The molecule has 0 fully saturated rings. The summed E-state index contributed by atoms with van der Waals surface area (Å²) in [7, 11) is -2.14. The van der Waals surface area contributed by atoms with E-state index in [9.17, 15) is 15.0 Å². The summed E-state index contributed by atoms with van der Waals surface area (Å²) in [6.45, 7) is 9.77. The molecule has 3 N–H and O–H groups in total. The largest absolute Gasteiger partial charge is 0.408 e. The molecule has 0 heterocycles. The van der Waals surface area contributed by atoms with Gasteiger partial charge in [0.2, 0.25) is 0 Å². The minimum atomic E-state index is -2.14. The van der Waals surface area contributed by atoms with E-state index in [1.165, 1.54) is 6.08 Å². The van der Waals surface area contributed by atoms with Crippen LogP contribution in [0, 0.1) is 0 Å². The molecule has 0 aliphatic heterocycles. The minimum Gasteiger partial charge on any atom is -0.408 e. The smallest absolute Gasteiger partial charge is 0.193 e. The van der Waals surface area contributed by atoms with Gasteiger partial charge in [-0.2, -0.15) is 0 Å². The van der Waals surface area contributed by atoms with Crippen LogP contribution in [-0.2, 0) is 9.22 Å². The fourth-order valence-corrected chi connectivity index (χ4v) is 2.90. The summed E-state index contributed by atoms with van der Waals surface area (Å²) in [5.41, 5.74) is 0.0986. The number of carbonyl (C=O) groups is 1. The zero-order valence-electron chi connectivity index (χ0n) is 12.2. The maximum absolute atomic E-state index is 11.6. The van der Waals surface area contributed by atoms with Gasteiger partial charge in [-0.15, -0.1) is 0 Å². The second-order valence-corrected chi connectivity index (χ2v) is 11.2. The minimum absolute atomic E-state index is 0.0493. The summed E-state index contributed by atoms with van der Waals surface area (Å²) in [5, 5.41) is 28.7. The van der Waals surface area contributed by atoms with Gasteiger partial charge in [0.15, 0.2) is 14.1 Å². The van der Waals surface area contributed by atoms with Crippen LogP contribution in [0.1, 0.15) is 20.8 Å². The van der Waals surface area contributed by atoms with Gasteiger partial charge in [0.05, 0.1) is 12.7 Å². The first-order chi connectivity index (χ1) is 8.51. The van der Waals surface area contributed by atoms with E-state index >= 15 is 0 Å². The van der Waals surface area contributed by atoms with E-state index in [4.69, 9.17) is 9.53 Å². The van der Waals surface area contributed by atoms with E-state index in [1.807, 2.05) is 13.1 Å². The van der Waals surface area contributed by atoms with Crippen LogP contribution in [0.5, 0.6) is 0 Å². The quantitative estimate of drug-likeness (QED) is 0.662. The first-order valence-electron chi connectivity index (χ1n) is 6.41. The molecule has 0 bridgehead atoms. The Labute approximate surface area is 115 Å². The lowest BCUT2D eigenvalue weighted by molar-refractivity contribution is -0.135. The predicted octanol–water partition coefficient (Wildman–Crippen LogP) is 0.600. The van der Waals surface area contributed by atoms with Crippen molar-refractivity contribution in [1.29, 1.82) is 0 Å². The fourth-order valence-electron chi connectivity index (χ4n) is 1.66. The van der Waals surface area contributed by atoms with Crippen LogP contribution in [0.25, 0.3) is 0 Å². The molecule has 0 spiro atoms. The SMILES string of the molecule is CC(C)(C)[Si](C)(C)O[C@H]1C=C(CO)C(=O)[C@H](O)[C@@H]1O. The van der Waals surface area contributed by atoms with Crippen LogP contribution in [0.15, 0.2) is 11.6 Å². The van der Waals surface area contributed by atoms with Crippen molar-refractivity contribution in [3.05, 3.63) is 11.6 Å². The third kappa shape index (κ3) is 3.32. The number of rotatable bonds is 3. The summed E-state index contributed by atoms with van der Waals surface area (Å²) in [4.78, 5) is 11.6. The van der Waals surface area contributed by atoms with Crippen molar-refractivity contribution in [2.24, 2.45) is 0 Å². The molecular weight excluding hydrogens is 264 g/mol.